The maximum atomic E-state index is 3.17. The second-order valence-corrected chi connectivity index (χ2v) is 3.47. The van der Waals surface area contributed by atoms with Crippen molar-refractivity contribution in [2.45, 2.75) is 12.5 Å². The number of rotatable bonds is 3. The fourth-order valence-corrected chi connectivity index (χ4v) is 1.65. The Kier molecular flexibility index (Phi) is 3.30. The highest BCUT2D eigenvalue weighted by molar-refractivity contribution is 4.79. The van der Waals surface area contributed by atoms with E-state index in [2.05, 4.69) is 29.2 Å². The van der Waals surface area contributed by atoms with Gasteiger partial charge in [-0.05, 0) is 34.1 Å². The zero-order valence-corrected chi connectivity index (χ0v) is 7.80. The summed E-state index contributed by atoms with van der Waals surface area (Å²) in [5.74, 6) is 0. The van der Waals surface area contributed by atoms with Gasteiger partial charge in [0.05, 0.1) is 0 Å². The van der Waals surface area contributed by atoms with E-state index in [0.717, 1.165) is 12.7 Å². The molecule has 1 saturated heterocycles. The van der Waals surface area contributed by atoms with E-state index in [1.54, 1.807) is 0 Å². The Balaban J connectivity index is 2.25. The van der Waals surface area contributed by atoms with Crippen LogP contribution in [-0.4, -0.2) is 56.7 Å². The number of hydrogen-bond acceptors (Lipinski definition) is 3. The van der Waals surface area contributed by atoms with Crippen LogP contribution < -0.4 is 5.32 Å². The predicted molar refractivity (Wildman–Crippen MR) is 47.6 cm³/mol. The Morgan fingerprint density at radius 3 is 2.82 bits per heavy atom. The number of hydrogen-bond donors (Lipinski definition) is 1. The molecule has 0 aromatic heterocycles. The van der Waals surface area contributed by atoms with Gasteiger partial charge < -0.3 is 10.2 Å². The molecule has 1 aliphatic heterocycles. The largest absolute Gasteiger partial charge is 0.307 e. The van der Waals surface area contributed by atoms with Crippen molar-refractivity contribution in [1.29, 1.82) is 0 Å². The molecule has 1 atom stereocenters. The van der Waals surface area contributed by atoms with Crippen LogP contribution in [0.25, 0.3) is 0 Å². The topological polar surface area (TPSA) is 18.5 Å². The minimum Gasteiger partial charge on any atom is -0.307 e. The molecule has 0 aromatic rings. The summed E-state index contributed by atoms with van der Waals surface area (Å²) in [6.07, 6.45) is 1.31. The first-order valence-corrected chi connectivity index (χ1v) is 4.27. The van der Waals surface area contributed by atoms with Gasteiger partial charge in [0.2, 0.25) is 0 Å². The summed E-state index contributed by atoms with van der Waals surface area (Å²) >= 11 is 0. The Morgan fingerprint density at radius 1 is 1.64 bits per heavy atom. The van der Waals surface area contributed by atoms with Gasteiger partial charge in [-0.2, -0.15) is 0 Å². The van der Waals surface area contributed by atoms with Crippen LogP contribution in [0.2, 0.25) is 0 Å². The summed E-state index contributed by atoms with van der Waals surface area (Å²) in [5, 5.41) is 3.17. The van der Waals surface area contributed by atoms with Gasteiger partial charge in [-0.1, -0.05) is 0 Å². The van der Waals surface area contributed by atoms with Gasteiger partial charge in [0.25, 0.3) is 0 Å². The van der Waals surface area contributed by atoms with Crippen LogP contribution >= 0.6 is 0 Å². The van der Waals surface area contributed by atoms with Gasteiger partial charge in [-0.3, -0.25) is 4.90 Å². The lowest BCUT2D eigenvalue weighted by Gasteiger charge is -2.23. The average Bonchev–Trinajstić information content (AvgIpc) is 2.36. The Hall–Kier alpha value is -0.120. The maximum absolute atomic E-state index is 3.17. The third-order valence-corrected chi connectivity index (χ3v) is 2.40. The minimum absolute atomic E-state index is 0.757. The highest BCUT2D eigenvalue weighted by Crippen LogP contribution is 2.10. The Bertz CT molecular complexity index is 116. The lowest BCUT2D eigenvalue weighted by molar-refractivity contribution is 0.231. The van der Waals surface area contributed by atoms with Crippen molar-refractivity contribution in [3.05, 3.63) is 0 Å². The molecule has 0 amide bonds. The molecule has 1 heterocycles. The summed E-state index contributed by atoms with van der Waals surface area (Å²) in [5.41, 5.74) is 0. The van der Waals surface area contributed by atoms with E-state index in [-0.39, 0.29) is 0 Å². The molecular formula is C8H19N3. The second-order valence-electron chi connectivity index (χ2n) is 3.47. The highest BCUT2D eigenvalue weighted by atomic mass is 15.3. The molecule has 1 rings (SSSR count). The van der Waals surface area contributed by atoms with Crippen LogP contribution in [0.1, 0.15) is 6.42 Å². The number of likely N-dealkylation sites (tertiary alicyclic amines) is 1. The van der Waals surface area contributed by atoms with Crippen LogP contribution in [0.4, 0.5) is 0 Å². The van der Waals surface area contributed by atoms with E-state index < -0.39 is 0 Å². The van der Waals surface area contributed by atoms with Gasteiger partial charge >= 0.3 is 0 Å². The SMILES string of the molecule is CNCN(C)C1CCN(C)C1. The zero-order chi connectivity index (χ0) is 8.27. The fourth-order valence-electron chi connectivity index (χ4n) is 1.65. The predicted octanol–water partition coefficient (Wildman–Crippen LogP) is -0.201. The Labute approximate surface area is 69.4 Å². The first-order chi connectivity index (χ1) is 5.24. The molecule has 0 spiro atoms. The van der Waals surface area contributed by atoms with Crippen molar-refractivity contribution in [2.75, 3.05) is 40.9 Å². The summed E-state index contributed by atoms with van der Waals surface area (Å²) in [4.78, 5) is 4.76. The van der Waals surface area contributed by atoms with E-state index in [0.29, 0.717) is 0 Å². The third-order valence-electron chi connectivity index (χ3n) is 2.40. The summed E-state index contributed by atoms with van der Waals surface area (Å²) in [7, 11) is 6.36. The van der Waals surface area contributed by atoms with E-state index in [4.69, 9.17) is 0 Å². The molecule has 11 heavy (non-hydrogen) atoms. The van der Waals surface area contributed by atoms with Crippen LogP contribution in [0.5, 0.6) is 0 Å². The van der Waals surface area contributed by atoms with Crippen molar-refractivity contribution in [3.63, 3.8) is 0 Å². The van der Waals surface area contributed by atoms with Crippen molar-refractivity contribution in [2.24, 2.45) is 0 Å². The molecule has 1 N–H and O–H groups in total. The molecule has 0 saturated carbocycles. The van der Waals surface area contributed by atoms with Crippen LogP contribution in [-0.2, 0) is 0 Å². The first kappa shape index (κ1) is 8.97. The molecule has 0 bridgehead atoms. The molecule has 66 valence electrons. The van der Waals surface area contributed by atoms with Gasteiger partial charge in [-0.25, -0.2) is 0 Å². The smallest absolute Gasteiger partial charge is 0.0478 e. The molecule has 0 aliphatic carbocycles. The molecule has 3 nitrogen and oxygen atoms in total. The zero-order valence-electron chi connectivity index (χ0n) is 7.80. The van der Waals surface area contributed by atoms with E-state index >= 15 is 0 Å². The van der Waals surface area contributed by atoms with Crippen LogP contribution in [0.15, 0.2) is 0 Å². The van der Waals surface area contributed by atoms with E-state index in [9.17, 15) is 0 Å². The maximum Gasteiger partial charge on any atom is 0.0478 e. The highest BCUT2D eigenvalue weighted by Gasteiger charge is 2.22. The third kappa shape index (κ3) is 2.43. The number of nitrogens with zero attached hydrogens (tertiary/aromatic N) is 2. The molecule has 1 fully saturated rings. The van der Waals surface area contributed by atoms with Gasteiger partial charge in [-0.15, -0.1) is 0 Å². The van der Waals surface area contributed by atoms with E-state index in [1.165, 1.54) is 19.5 Å². The normalized spacial score (nSPS) is 26.7. The van der Waals surface area contributed by atoms with Crippen molar-refractivity contribution in [3.8, 4) is 0 Å². The molecule has 0 aromatic carbocycles. The van der Waals surface area contributed by atoms with Gasteiger partial charge in [0.15, 0.2) is 0 Å². The second kappa shape index (κ2) is 4.04. The van der Waals surface area contributed by atoms with Gasteiger partial charge in [0, 0.05) is 19.3 Å². The van der Waals surface area contributed by atoms with Crippen LogP contribution in [0, 0.1) is 0 Å². The standard InChI is InChI=1S/C8H19N3/c1-9-7-11(3)8-4-5-10(2)6-8/h8-9H,4-7H2,1-3H3. The fraction of sp³-hybridized carbons (Fsp3) is 1.00. The molecule has 0 radical (unpaired) electrons. The number of likely N-dealkylation sites (N-methyl/N-ethyl adjacent to an activating group) is 2. The summed E-state index contributed by atoms with van der Waals surface area (Å²) in [6.45, 7) is 3.47. The quantitative estimate of drug-likeness (QED) is 0.572. The summed E-state index contributed by atoms with van der Waals surface area (Å²) < 4.78 is 0. The summed E-state index contributed by atoms with van der Waals surface area (Å²) in [6, 6.07) is 0.757. The molecule has 1 unspecified atom stereocenters. The van der Waals surface area contributed by atoms with Crippen molar-refractivity contribution in [1.82, 2.24) is 15.1 Å². The first-order valence-electron chi connectivity index (χ1n) is 4.27. The minimum atomic E-state index is 0.757. The van der Waals surface area contributed by atoms with Crippen molar-refractivity contribution < 1.29 is 0 Å². The molecule has 3 heteroatoms. The lowest BCUT2D eigenvalue weighted by atomic mass is 10.2. The van der Waals surface area contributed by atoms with Gasteiger partial charge in [0.1, 0.15) is 0 Å². The van der Waals surface area contributed by atoms with E-state index in [1.807, 2.05) is 7.05 Å². The van der Waals surface area contributed by atoms with Crippen molar-refractivity contribution >= 4 is 0 Å². The molecular weight excluding hydrogens is 138 g/mol. The Morgan fingerprint density at radius 2 is 2.36 bits per heavy atom. The van der Waals surface area contributed by atoms with Crippen LogP contribution in [0.3, 0.4) is 0 Å². The number of nitrogens with one attached hydrogen (secondary N) is 1. The lowest BCUT2D eigenvalue weighted by Crippen LogP contribution is -2.38. The monoisotopic (exact) mass is 157 g/mol. The molecule has 1 aliphatic rings. The average molecular weight is 157 g/mol.